The first-order chi connectivity index (χ1) is 16.6. The number of phosphoric acid groups is 1. The zero-order valence-corrected chi connectivity index (χ0v) is 24.2. The molecular formula is C26H55NO7P+. The number of carbonyl (C=O) groups is 1. The van der Waals surface area contributed by atoms with Gasteiger partial charge in [0, 0.05) is 13.0 Å². The molecule has 2 unspecified atom stereocenters. The number of hydrogen-bond donors (Lipinski definition) is 1. The number of quaternary nitrogens is 1. The summed E-state index contributed by atoms with van der Waals surface area (Å²) in [5.74, 6) is -0.329. The molecule has 2 atom stereocenters. The van der Waals surface area contributed by atoms with E-state index >= 15 is 0 Å². The molecule has 210 valence electrons. The first-order valence-electron chi connectivity index (χ1n) is 13.8. The fourth-order valence-corrected chi connectivity index (χ4v) is 4.17. The van der Waals surface area contributed by atoms with Crippen molar-refractivity contribution in [3.63, 3.8) is 0 Å². The second kappa shape index (κ2) is 21.6. The van der Waals surface area contributed by atoms with Gasteiger partial charge in [-0.3, -0.25) is 13.8 Å². The van der Waals surface area contributed by atoms with Crippen molar-refractivity contribution in [3.05, 3.63) is 0 Å². The van der Waals surface area contributed by atoms with Gasteiger partial charge in [0.1, 0.15) is 19.3 Å². The van der Waals surface area contributed by atoms with Crippen molar-refractivity contribution in [2.75, 3.05) is 54.1 Å². The van der Waals surface area contributed by atoms with Crippen LogP contribution in [0.25, 0.3) is 0 Å². The Morgan fingerprint density at radius 2 is 1.31 bits per heavy atom. The number of phosphoric ester groups is 1. The zero-order chi connectivity index (χ0) is 26.4. The Balaban J connectivity index is 4.40. The molecule has 0 fully saturated rings. The van der Waals surface area contributed by atoms with Gasteiger partial charge in [0.2, 0.25) is 0 Å². The smallest absolute Gasteiger partial charge is 0.457 e. The molecule has 0 aliphatic carbocycles. The molecule has 1 N–H and O–H groups in total. The van der Waals surface area contributed by atoms with Crippen molar-refractivity contribution >= 4 is 13.8 Å². The molecular weight excluding hydrogens is 469 g/mol. The predicted octanol–water partition coefficient (Wildman–Crippen LogP) is 6.26. The van der Waals surface area contributed by atoms with E-state index in [-0.39, 0.29) is 25.8 Å². The molecule has 0 aliphatic heterocycles. The van der Waals surface area contributed by atoms with Crippen LogP contribution in [-0.4, -0.2) is 75.6 Å². The quantitative estimate of drug-likeness (QED) is 0.0653. The summed E-state index contributed by atoms with van der Waals surface area (Å²) in [7, 11) is 1.67. The Morgan fingerprint density at radius 3 is 1.89 bits per heavy atom. The monoisotopic (exact) mass is 524 g/mol. The minimum absolute atomic E-state index is 0.0917. The lowest BCUT2D eigenvalue weighted by atomic mass is 10.1. The van der Waals surface area contributed by atoms with Crippen LogP contribution in [0.2, 0.25) is 0 Å². The van der Waals surface area contributed by atoms with Crippen LogP contribution in [0.5, 0.6) is 0 Å². The summed E-state index contributed by atoms with van der Waals surface area (Å²) in [6.07, 6.45) is 14.5. The van der Waals surface area contributed by atoms with Crippen LogP contribution in [0, 0.1) is 0 Å². The highest BCUT2D eigenvalue weighted by molar-refractivity contribution is 7.47. The lowest BCUT2D eigenvalue weighted by Gasteiger charge is -2.24. The third kappa shape index (κ3) is 25.0. The molecule has 0 amide bonds. The van der Waals surface area contributed by atoms with Gasteiger partial charge in [0.05, 0.1) is 34.4 Å². The van der Waals surface area contributed by atoms with Gasteiger partial charge in [-0.2, -0.15) is 0 Å². The lowest BCUT2D eigenvalue weighted by Crippen LogP contribution is -2.37. The molecule has 0 rings (SSSR count). The standard InChI is InChI=1S/C26H54NO7P/c1-6-8-10-12-13-14-16-18-21-31-23-25(34-26(28)19-17-15-11-9-7-2)24-33-35(29,30)32-22-20-27(3,4)5/h25H,6-24H2,1-5H3/p+1. The maximum atomic E-state index is 12.3. The van der Waals surface area contributed by atoms with Crippen LogP contribution >= 0.6 is 7.82 Å². The number of rotatable bonds is 25. The summed E-state index contributed by atoms with van der Waals surface area (Å²) in [6.45, 7) is 5.49. The molecule has 0 aromatic carbocycles. The summed E-state index contributed by atoms with van der Waals surface area (Å²) in [5.41, 5.74) is 0. The predicted molar refractivity (Wildman–Crippen MR) is 141 cm³/mol. The summed E-state index contributed by atoms with van der Waals surface area (Å²) >= 11 is 0. The van der Waals surface area contributed by atoms with Crippen LogP contribution in [0.15, 0.2) is 0 Å². The first-order valence-corrected chi connectivity index (χ1v) is 15.3. The number of hydrogen-bond acceptors (Lipinski definition) is 6. The number of likely N-dealkylation sites (N-methyl/N-ethyl adjacent to an activating group) is 1. The Labute approximate surface area is 215 Å². The molecule has 0 bridgehead atoms. The molecule has 35 heavy (non-hydrogen) atoms. The number of esters is 1. The third-order valence-electron chi connectivity index (χ3n) is 5.67. The Bertz CT molecular complexity index is 554. The molecule has 0 radical (unpaired) electrons. The maximum Gasteiger partial charge on any atom is 0.472 e. The van der Waals surface area contributed by atoms with E-state index in [9.17, 15) is 14.3 Å². The van der Waals surface area contributed by atoms with Gasteiger partial charge >= 0.3 is 13.8 Å². The van der Waals surface area contributed by atoms with Crippen molar-refractivity contribution in [2.45, 2.75) is 110 Å². The van der Waals surface area contributed by atoms with Crippen molar-refractivity contribution in [1.29, 1.82) is 0 Å². The van der Waals surface area contributed by atoms with E-state index in [1.165, 1.54) is 38.5 Å². The largest absolute Gasteiger partial charge is 0.472 e. The minimum atomic E-state index is -4.23. The highest BCUT2D eigenvalue weighted by atomic mass is 31.2. The summed E-state index contributed by atoms with van der Waals surface area (Å²) in [5, 5.41) is 0. The van der Waals surface area contributed by atoms with E-state index in [1.807, 2.05) is 21.1 Å². The maximum absolute atomic E-state index is 12.3. The number of carbonyl (C=O) groups excluding carboxylic acids is 1. The number of nitrogens with zero attached hydrogens (tertiary/aromatic N) is 1. The second-order valence-corrected chi connectivity index (χ2v) is 11.9. The first kappa shape index (κ1) is 34.5. The average molecular weight is 525 g/mol. The van der Waals surface area contributed by atoms with Gasteiger partial charge in [0.15, 0.2) is 0 Å². The van der Waals surface area contributed by atoms with Crippen molar-refractivity contribution in [2.24, 2.45) is 0 Å². The Morgan fingerprint density at radius 1 is 0.771 bits per heavy atom. The van der Waals surface area contributed by atoms with Gasteiger partial charge in [-0.25, -0.2) is 4.57 Å². The van der Waals surface area contributed by atoms with E-state index in [4.69, 9.17) is 18.5 Å². The van der Waals surface area contributed by atoms with Crippen LogP contribution < -0.4 is 0 Å². The van der Waals surface area contributed by atoms with Gasteiger partial charge in [-0.1, -0.05) is 84.5 Å². The van der Waals surface area contributed by atoms with E-state index in [1.54, 1.807) is 0 Å². The number of unbranched alkanes of at least 4 members (excludes halogenated alkanes) is 11. The Hall–Kier alpha value is -0.500. The molecule has 0 aliphatic rings. The molecule has 0 spiro atoms. The van der Waals surface area contributed by atoms with Crippen molar-refractivity contribution < 1.29 is 37.3 Å². The normalized spacial score (nSPS) is 14.6. The highest BCUT2D eigenvalue weighted by Gasteiger charge is 2.26. The van der Waals surface area contributed by atoms with E-state index in [0.717, 1.165) is 44.9 Å². The summed E-state index contributed by atoms with van der Waals surface area (Å²) < 4.78 is 34.3. The molecule has 0 heterocycles. The van der Waals surface area contributed by atoms with Gasteiger partial charge in [0.25, 0.3) is 0 Å². The van der Waals surface area contributed by atoms with E-state index in [2.05, 4.69) is 13.8 Å². The van der Waals surface area contributed by atoms with Crippen LogP contribution in [0.3, 0.4) is 0 Å². The molecule has 0 saturated carbocycles. The topological polar surface area (TPSA) is 91.3 Å². The average Bonchev–Trinajstić information content (AvgIpc) is 2.77. The van der Waals surface area contributed by atoms with Crippen molar-refractivity contribution in [3.8, 4) is 0 Å². The van der Waals surface area contributed by atoms with Gasteiger partial charge < -0.3 is 18.9 Å². The SMILES string of the molecule is CCCCCCCCCCOCC(COP(=O)(O)OCC[N+](C)(C)C)OC(=O)CCCCCCC. The van der Waals surface area contributed by atoms with Crippen LogP contribution in [0.4, 0.5) is 0 Å². The van der Waals surface area contributed by atoms with E-state index < -0.39 is 13.9 Å². The lowest BCUT2D eigenvalue weighted by molar-refractivity contribution is -0.870. The summed E-state index contributed by atoms with van der Waals surface area (Å²) in [4.78, 5) is 22.3. The van der Waals surface area contributed by atoms with Crippen molar-refractivity contribution in [1.82, 2.24) is 0 Å². The highest BCUT2D eigenvalue weighted by Crippen LogP contribution is 2.43. The molecule has 0 saturated heterocycles. The van der Waals surface area contributed by atoms with Gasteiger partial charge in [-0.05, 0) is 12.8 Å². The Kier molecular flexibility index (Phi) is 21.3. The van der Waals surface area contributed by atoms with E-state index in [0.29, 0.717) is 24.1 Å². The zero-order valence-electron chi connectivity index (χ0n) is 23.3. The molecule has 8 nitrogen and oxygen atoms in total. The minimum Gasteiger partial charge on any atom is -0.457 e. The summed E-state index contributed by atoms with van der Waals surface area (Å²) in [6, 6.07) is 0. The molecule has 0 aromatic rings. The van der Waals surface area contributed by atoms with Crippen LogP contribution in [-0.2, 0) is 27.9 Å². The van der Waals surface area contributed by atoms with Gasteiger partial charge in [-0.15, -0.1) is 0 Å². The van der Waals surface area contributed by atoms with Crippen LogP contribution in [0.1, 0.15) is 104 Å². The molecule has 9 heteroatoms. The fraction of sp³-hybridized carbons (Fsp3) is 0.962. The number of ether oxygens (including phenoxy) is 2. The fourth-order valence-electron chi connectivity index (χ4n) is 3.43. The second-order valence-electron chi connectivity index (χ2n) is 10.4. The molecule has 0 aromatic heterocycles. The third-order valence-corrected chi connectivity index (χ3v) is 6.65.